The van der Waals surface area contributed by atoms with Crippen LogP contribution in [0.25, 0.3) is 0 Å². The molecule has 5 rings (SSSR count). The van der Waals surface area contributed by atoms with Gasteiger partial charge in [-0.1, -0.05) is 12.1 Å². The summed E-state index contributed by atoms with van der Waals surface area (Å²) in [6.45, 7) is 1.81. The van der Waals surface area contributed by atoms with Gasteiger partial charge in [-0.05, 0) is 71.8 Å². The van der Waals surface area contributed by atoms with Crippen molar-refractivity contribution in [3.8, 4) is 23.0 Å². The Hall–Kier alpha value is -4.50. The zero-order valence-corrected chi connectivity index (χ0v) is 21.0. The summed E-state index contributed by atoms with van der Waals surface area (Å²) in [5, 5.41) is 2.71. The summed E-state index contributed by atoms with van der Waals surface area (Å²) < 4.78 is 40.9. The van der Waals surface area contributed by atoms with Crippen LogP contribution in [0.5, 0.6) is 23.0 Å². The highest BCUT2D eigenvalue weighted by Crippen LogP contribution is 2.33. The number of hydrogen-bond acceptors (Lipinski definition) is 7. The summed E-state index contributed by atoms with van der Waals surface area (Å²) in [5.41, 5.74) is 2.53. The topological polar surface area (TPSA) is 82.4 Å². The lowest BCUT2D eigenvalue weighted by Crippen LogP contribution is -2.22. The monoisotopic (exact) mass is 518 g/mol. The minimum Gasteiger partial charge on any atom is -0.493 e. The van der Waals surface area contributed by atoms with Crippen molar-refractivity contribution in [2.24, 2.45) is 0 Å². The third-order valence-electron chi connectivity index (χ3n) is 6.06. The Bertz CT molecular complexity index is 1420. The van der Waals surface area contributed by atoms with E-state index in [9.17, 15) is 9.18 Å². The van der Waals surface area contributed by atoms with Gasteiger partial charge < -0.3 is 28.7 Å². The number of methoxy groups -OCH3 is 2. The van der Waals surface area contributed by atoms with Crippen molar-refractivity contribution < 1.29 is 32.5 Å². The molecule has 4 aromatic rings. The minimum atomic E-state index is -0.412. The third kappa shape index (κ3) is 5.90. The van der Waals surface area contributed by atoms with Crippen molar-refractivity contribution in [2.75, 3.05) is 26.3 Å². The van der Waals surface area contributed by atoms with Crippen molar-refractivity contribution in [1.29, 1.82) is 0 Å². The van der Waals surface area contributed by atoms with Crippen LogP contribution in [0.15, 0.2) is 77.2 Å². The minimum absolute atomic E-state index is 0.165. The van der Waals surface area contributed by atoms with Crippen LogP contribution in [-0.4, -0.2) is 31.8 Å². The fourth-order valence-electron chi connectivity index (χ4n) is 4.23. The zero-order chi connectivity index (χ0) is 26.5. The molecule has 38 heavy (non-hydrogen) atoms. The number of carbonyl (C=O) groups excluding carboxylic acids is 1. The van der Waals surface area contributed by atoms with E-state index in [1.807, 2.05) is 36.4 Å². The van der Waals surface area contributed by atoms with E-state index < -0.39 is 5.91 Å². The van der Waals surface area contributed by atoms with E-state index in [4.69, 9.17) is 23.4 Å². The van der Waals surface area contributed by atoms with Gasteiger partial charge in [0.1, 0.15) is 11.6 Å². The van der Waals surface area contributed by atoms with Crippen LogP contribution < -0.4 is 24.3 Å². The van der Waals surface area contributed by atoms with E-state index in [1.54, 1.807) is 26.4 Å². The standard InChI is InChI=1S/C29H27FN2O6/c1-34-24-10-3-19(13-27(24)35-2)15-32(16-20-4-11-25-28(14-20)37-18-36-25)17-23-9-12-26(38-23)29(33)31-22-7-5-21(30)6-8-22/h3-14H,15-18H2,1-2H3,(H,31,33). The highest BCUT2D eigenvalue weighted by molar-refractivity contribution is 6.02. The second kappa shape index (κ2) is 11.3. The molecule has 0 unspecified atom stereocenters. The zero-order valence-electron chi connectivity index (χ0n) is 21.0. The van der Waals surface area contributed by atoms with E-state index in [0.717, 1.165) is 16.9 Å². The number of nitrogens with one attached hydrogen (secondary N) is 1. The average molecular weight is 519 g/mol. The molecular weight excluding hydrogens is 491 g/mol. The molecule has 0 saturated carbocycles. The Kier molecular flexibility index (Phi) is 7.46. The number of anilines is 1. The third-order valence-corrected chi connectivity index (χ3v) is 6.06. The number of nitrogens with zero attached hydrogens (tertiary/aromatic N) is 1. The Balaban J connectivity index is 1.34. The van der Waals surface area contributed by atoms with Gasteiger partial charge in [0.05, 0.1) is 20.8 Å². The molecule has 1 aromatic heterocycles. The number of halogens is 1. The van der Waals surface area contributed by atoms with E-state index in [2.05, 4.69) is 10.2 Å². The molecule has 1 amide bonds. The largest absolute Gasteiger partial charge is 0.493 e. The molecule has 9 heteroatoms. The molecule has 8 nitrogen and oxygen atoms in total. The number of hydrogen-bond donors (Lipinski definition) is 1. The number of furan rings is 1. The fraction of sp³-hybridized carbons (Fsp3) is 0.207. The Morgan fingerprint density at radius 1 is 0.842 bits per heavy atom. The summed E-state index contributed by atoms with van der Waals surface area (Å²) in [5.74, 6) is 2.74. The predicted octanol–water partition coefficient (Wildman–Crippen LogP) is 5.62. The van der Waals surface area contributed by atoms with Crippen molar-refractivity contribution in [1.82, 2.24) is 4.90 Å². The van der Waals surface area contributed by atoms with Crippen molar-refractivity contribution in [3.05, 3.63) is 101 Å². The van der Waals surface area contributed by atoms with Gasteiger partial charge in [0.15, 0.2) is 28.8 Å². The predicted molar refractivity (Wildman–Crippen MR) is 138 cm³/mol. The van der Waals surface area contributed by atoms with Gasteiger partial charge in [0, 0.05) is 18.8 Å². The molecule has 3 aromatic carbocycles. The number of ether oxygens (including phenoxy) is 4. The molecule has 0 fully saturated rings. The highest BCUT2D eigenvalue weighted by Gasteiger charge is 2.18. The lowest BCUT2D eigenvalue weighted by atomic mass is 10.1. The first-order valence-corrected chi connectivity index (χ1v) is 12.0. The van der Waals surface area contributed by atoms with Gasteiger partial charge in [-0.15, -0.1) is 0 Å². The van der Waals surface area contributed by atoms with Gasteiger partial charge in [-0.2, -0.15) is 0 Å². The quantitative estimate of drug-likeness (QED) is 0.292. The molecule has 0 aliphatic carbocycles. The Morgan fingerprint density at radius 2 is 1.55 bits per heavy atom. The van der Waals surface area contributed by atoms with E-state index in [0.29, 0.717) is 48.3 Å². The highest BCUT2D eigenvalue weighted by atomic mass is 19.1. The maximum atomic E-state index is 13.2. The first-order chi connectivity index (χ1) is 18.5. The summed E-state index contributed by atoms with van der Waals surface area (Å²) in [7, 11) is 3.21. The lowest BCUT2D eigenvalue weighted by molar-refractivity contribution is 0.0992. The summed E-state index contributed by atoms with van der Waals surface area (Å²) in [6.07, 6.45) is 0. The molecule has 1 aliphatic rings. The number of rotatable bonds is 10. The number of carbonyl (C=O) groups is 1. The van der Waals surface area contributed by atoms with Gasteiger partial charge in [0.25, 0.3) is 5.91 Å². The van der Waals surface area contributed by atoms with Crippen LogP contribution >= 0.6 is 0 Å². The first kappa shape index (κ1) is 25.2. The number of amides is 1. The van der Waals surface area contributed by atoms with Crippen LogP contribution in [0, 0.1) is 5.82 Å². The average Bonchev–Trinajstić information content (AvgIpc) is 3.59. The number of fused-ring (bicyclic) bond motifs is 1. The maximum absolute atomic E-state index is 13.2. The molecule has 0 saturated heterocycles. The SMILES string of the molecule is COc1ccc(CN(Cc2ccc3c(c2)OCO3)Cc2ccc(C(=O)Nc3ccc(F)cc3)o2)cc1OC. The summed E-state index contributed by atoms with van der Waals surface area (Å²) in [6, 6.07) is 20.6. The van der Waals surface area contributed by atoms with Gasteiger partial charge in [-0.3, -0.25) is 9.69 Å². The fourth-order valence-corrected chi connectivity index (χ4v) is 4.23. The van der Waals surface area contributed by atoms with Crippen LogP contribution in [-0.2, 0) is 19.6 Å². The molecule has 0 radical (unpaired) electrons. The van der Waals surface area contributed by atoms with Gasteiger partial charge in [-0.25, -0.2) is 4.39 Å². The molecule has 196 valence electrons. The second-order valence-corrected chi connectivity index (χ2v) is 8.75. The summed E-state index contributed by atoms with van der Waals surface area (Å²) >= 11 is 0. The molecule has 1 aliphatic heterocycles. The van der Waals surface area contributed by atoms with Crippen LogP contribution in [0.1, 0.15) is 27.4 Å². The van der Waals surface area contributed by atoms with E-state index in [1.165, 1.54) is 24.3 Å². The van der Waals surface area contributed by atoms with Gasteiger partial charge in [0.2, 0.25) is 6.79 Å². The number of benzene rings is 3. The van der Waals surface area contributed by atoms with Crippen molar-refractivity contribution in [3.63, 3.8) is 0 Å². The summed E-state index contributed by atoms with van der Waals surface area (Å²) in [4.78, 5) is 14.8. The lowest BCUT2D eigenvalue weighted by Gasteiger charge is -2.22. The molecule has 0 bridgehead atoms. The maximum Gasteiger partial charge on any atom is 0.291 e. The van der Waals surface area contributed by atoms with E-state index in [-0.39, 0.29) is 18.4 Å². The Morgan fingerprint density at radius 3 is 2.32 bits per heavy atom. The normalized spacial score (nSPS) is 12.0. The van der Waals surface area contributed by atoms with Crippen molar-refractivity contribution >= 4 is 11.6 Å². The second-order valence-electron chi connectivity index (χ2n) is 8.75. The van der Waals surface area contributed by atoms with Crippen molar-refractivity contribution in [2.45, 2.75) is 19.6 Å². The molecule has 1 N–H and O–H groups in total. The smallest absolute Gasteiger partial charge is 0.291 e. The molecule has 0 spiro atoms. The van der Waals surface area contributed by atoms with E-state index >= 15 is 0 Å². The molecule has 2 heterocycles. The Labute approximate surface area is 219 Å². The van der Waals surface area contributed by atoms with Crippen LogP contribution in [0.2, 0.25) is 0 Å². The molecular formula is C29H27FN2O6. The molecule has 0 atom stereocenters. The van der Waals surface area contributed by atoms with Crippen LogP contribution in [0.4, 0.5) is 10.1 Å². The first-order valence-electron chi connectivity index (χ1n) is 12.0. The van der Waals surface area contributed by atoms with Crippen LogP contribution in [0.3, 0.4) is 0 Å². The van der Waals surface area contributed by atoms with Gasteiger partial charge >= 0.3 is 0 Å².